The zero-order valence-electron chi connectivity index (χ0n) is 14.3. The Morgan fingerprint density at radius 2 is 0.958 bits per heavy atom. The summed E-state index contributed by atoms with van der Waals surface area (Å²) in [6, 6.07) is 23.4. The molecule has 2 bridgehead atoms. The third-order valence-corrected chi connectivity index (χ3v) is 5.98. The van der Waals surface area contributed by atoms with Crippen molar-refractivity contribution < 1.29 is 0 Å². The third kappa shape index (κ3) is 1.74. The van der Waals surface area contributed by atoms with Crippen LogP contribution in [0.4, 0.5) is 0 Å². The van der Waals surface area contributed by atoms with E-state index >= 15 is 0 Å². The number of hydrogen-bond acceptors (Lipinski definition) is 0. The van der Waals surface area contributed by atoms with Gasteiger partial charge in [-0.15, -0.1) is 0 Å². The van der Waals surface area contributed by atoms with Gasteiger partial charge in [0, 0.05) is 11.8 Å². The Bertz CT molecular complexity index is 893. The highest BCUT2D eigenvalue weighted by atomic mass is 14.4. The minimum absolute atomic E-state index is 0.410. The second kappa shape index (κ2) is 5.08. The largest absolute Gasteiger partial charge is 0.0619 e. The molecule has 0 unspecified atom stereocenters. The van der Waals surface area contributed by atoms with Gasteiger partial charge in [0.15, 0.2) is 0 Å². The van der Waals surface area contributed by atoms with Gasteiger partial charge in [-0.25, -0.2) is 0 Å². The van der Waals surface area contributed by atoms with Crippen molar-refractivity contribution in [3.63, 3.8) is 0 Å². The van der Waals surface area contributed by atoms with E-state index in [9.17, 15) is 0 Å². The van der Waals surface area contributed by atoms with Gasteiger partial charge >= 0.3 is 0 Å². The molecule has 118 valence electrons. The van der Waals surface area contributed by atoms with Gasteiger partial charge in [0.05, 0.1) is 0 Å². The zero-order chi connectivity index (χ0) is 16.3. The lowest BCUT2D eigenvalue weighted by Gasteiger charge is -2.42. The first-order valence-corrected chi connectivity index (χ1v) is 9.16. The molecule has 0 nitrogen and oxygen atoms in total. The average molecular weight is 310 g/mol. The predicted molar refractivity (Wildman–Crippen MR) is 100.0 cm³/mol. The van der Waals surface area contributed by atoms with Crippen LogP contribution < -0.4 is 0 Å². The summed E-state index contributed by atoms with van der Waals surface area (Å²) in [5.41, 5.74) is 12.1. The fraction of sp³-hybridized carbons (Fsp3) is 0.250. The van der Waals surface area contributed by atoms with E-state index < -0.39 is 0 Å². The first kappa shape index (κ1) is 14.0. The van der Waals surface area contributed by atoms with E-state index in [0.717, 1.165) is 12.8 Å². The molecule has 6 rings (SSSR count). The zero-order valence-corrected chi connectivity index (χ0v) is 14.3. The first-order chi connectivity index (χ1) is 11.8. The van der Waals surface area contributed by atoms with Crippen LogP contribution in [0.5, 0.6) is 0 Å². The second-order valence-electron chi connectivity index (χ2n) is 7.13. The molecule has 0 saturated heterocycles. The summed E-state index contributed by atoms with van der Waals surface area (Å²) in [4.78, 5) is 0. The van der Waals surface area contributed by atoms with Crippen LogP contribution in [0.25, 0.3) is 0 Å². The maximum absolute atomic E-state index is 2.46. The van der Waals surface area contributed by atoms with Crippen molar-refractivity contribution in [2.24, 2.45) is 0 Å². The maximum atomic E-state index is 2.46. The highest BCUT2D eigenvalue weighted by Gasteiger charge is 2.40. The highest BCUT2D eigenvalue weighted by molar-refractivity contribution is 5.68. The van der Waals surface area contributed by atoms with Crippen LogP contribution >= 0.6 is 0 Å². The first-order valence-electron chi connectivity index (χ1n) is 9.16. The van der Waals surface area contributed by atoms with Gasteiger partial charge in [-0.2, -0.15) is 0 Å². The van der Waals surface area contributed by atoms with Gasteiger partial charge in [0.2, 0.25) is 0 Å². The Balaban J connectivity index is 1.84. The lowest BCUT2D eigenvalue weighted by atomic mass is 9.60. The van der Waals surface area contributed by atoms with Gasteiger partial charge < -0.3 is 0 Å². The van der Waals surface area contributed by atoms with Gasteiger partial charge in [0.25, 0.3) is 0 Å². The molecule has 0 amide bonds. The molecule has 0 spiro atoms. The second-order valence-corrected chi connectivity index (χ2v) is 7.13. The van der Waals surface area contributed by atoms with Crippen LogP contribution in [0.1, 0.15) is 70.2 Å². The van der Waals surface area contributed by atoms with E-state index in [0.29, 0.717) is 11.8 Å². The van der Waals surface area contributed by atoms with Crippen LogP contribution in [-0.2, 0) is 12.8 Å². The van der Waals surface area contributed by atoms with Crippen LogP contribution in [-0.4, -0.2) is 0 Å². The third-order valence-electron chi connectivity index (χ3n) is 5.98. The number of hydrogen-bond donors (Lipinski definition) is 0. The average Bonchev–Trinajstić information content (AvgIpc) is 2.66. The van der Waals surface area contributed by atoms with E-state index in [1.807, 2.05) is 0 Å². The summed E-state index contributed by atoms with van der Waals surface area (Å²) in [5, 5.41) is 0. The Morgan fingerprint density at radius 3 is 1.42 bits per heavy atom. The van der Waals surface area contributed by atoms with Gasteiger partial charge in [-0.1, -0.05) is 74.5 Å². The quantitative estimate of drug-likeness (QED) is 0.386. The van der Waals surface area contributed by atoms with E-state index in [1.165, 1.54) is 33.4 Å². The van der Waals surface area contributed by atoms with Gasteiger partial charge in [-0.3, -0.25) is 0 Å². The van der Waals surface area contributed by atoms with E-state index in [-0.39, 0.29) is 0 Å². The van der Waals surface area contributed by atoms with Crippen molar-refractivity contribution in [3.8, 4) is 0 Å². The summed E-state index contributed by atoms with van der Waals surface area (Å²) >= 11 is 0. The molecule has 0 aromatic heterocycles. The van der Waals surface area contributed by atoms with E-state index in [2.05, 4.69) is 74.5 Å². The van der Waals surface area contributed by atoms with Crippen molar-refractivity contribution in [2.45, 2.75) is 38.5 Å². The molecule has 3 aromatic rings. The molecule has 0 heterocycles. The predicted octanol–water partition coefficient (Wildman–Crippen LogP) is 5.80. The Hall–Kier alpha value is -2.34. The number of benzene rings is 3. The van der Waals surface area contributed by atoms with Crippen LogP contribution in [0, 0.1) is 0 Å². The standard InChI is InChI=1S/C24H22/c1-3-15-9-11-19-21(13-15)24-18-8-6-5-7-17(18)23(19)20-12-10-16(4-2)14-22(20)24/h5-14,23-24H,3-4H2,1-2H3. The van der Waals surface area contributed by atoms with Crippen LogP contribution in [0.3, 0.4) is 0 Å². The molecular weight excluding hydrogens is 288 g/mol. The van der Waals surface area contributed by atoms with Crippen molar-refractivity contribution in [2.75, 3.05) is 0 Å². The van der Waals surface area contributed by atoms with Gasteiger partial charge in [-0.05, 0) is 57.3 Å². The van der Waals surface area contributed by atoms with Crippen molar-refractivity contribution >= 4 is 0 Å². The van der Waals surface area contributed by atoms with Crippen LogP contribution in [0.2, 0.25) is 0 Å². The van der Waals surface area contributed by atoms with E-state index in [4.69, 9.17) is 0 Å². The molecule has 3 aromatic carbocycles. The minimum Gasteiger partial charge on any atom is -0.0619 e. The smallest absolute Gasteiger partial charge is 0.0349 e. The fourth-order valence-corrected chi connectivity index (χ4v) is 4.76. The molecule has 0 N–H and O–H groups in total. The fourth-order valence-electron chi connectivity index (χ4n) is 4.76. The molecular formula is C24H22. The molecule has 3 aliphatic rings. The number of rotatable bonds is 2. The van der Waals surface area contributed by atoms with Crippen molar-refractivity contribution in [1.82, 2.24) is 0 Å². The topological polar surface area (TPSA) is 0 Å². The Kier molecular flexibility index (Phi) is 2.97. The summed E-state index contributed by atoms with van der Waals surface area (Å²) in [6.45, 7) is 4.50. The minimum atomic E-state index is 0.410. The van der Waals surface area contributed by atoms with Crippen molar-refractivity contribution in [1.29, 1.82) is 0 Å². The Morgan fingerprint density at radius 1 is 0.542 bits per heavy atom. The summed E-state index contributed by atoms with van der Waals surface area (Å²) in [6.07, 6.45) is 2.21. The molecule has 0 aliphatic heterocycles. The molecule has 0 radical (unpaired) electrons. The number of aryl methyl sites for hydroxylation is 2. The molecule has 3 aliphatic carbocycles. The molecule has 0 atom stereocenters. The SMILES string of the molecule is CCc1ccc2c(c1)C1c3ccccc3C2c2ccc(CC)cc21. The summed E-state index contributed by atoms with van der Waals surface area (Å²) in [5.74, 6) is 0.821. The lowest BCUT2D eigenvalue weighted by molar-refractivity contribution is 0.749. The van der Waals surface area contributed by atoms with Crippen molar-refractivity contribution in [3.05, 3.63) is 105 Å². The lowest BCUT2D eigenvalue weighted by Crippen LogP contribution is -2.27. The monoisotopic (exact) mass is 310 g/mol. The molecule has 24 heavy (non-hydrogen) atoms. The maximum Gasteiger partial charge on any atom is 0.0349 e. The molecule has 0 saturated carbocycles. The molecule has 0 fully saturated rings. The van der Waals surface area contributed by atoms with E-state index in [1.54, 1.807) is 11.1 Å². The van der Waals surface area contributed by atoms with Gasteiger partial charge in [0.1, 0.15) is 0 Å². The summed E-state index contributed by atoms with van der Waals surface area (Å²) in [7, 11) is 0. The van der Waals surface area contributed by atoms with Crippen LogP contribution in [0.15, 0.2) is 60.7 Å². The highest BCUT2D eigenvalue weighted by Crippen LogP contribution is 2.55. The normalized spacial score (nSPS) is 19.6. The molecule has 0 heteroatoms. The Labute approximate surface area is 144 Å². The summed E-state index contributed by atoms with van der Waals surface area (Å²) < 4.78 is 0.